The van der Waals surface area contributed by atoms with Crippen molar-refractivity contribution in [3.63, 3.8) is 0 Å². The lowest BCUT2D eigenvalue weighted by Crippen LogP contribution is -2.50. The van der Waals surface area contributed by atoms with Crippen molar-refractivity contribution in [2.45, 2.75) is 46.6 Å². The number of benzene rings is 1. The highest BCUT2D eigenvalue weighted by atomic mass is 16.2. The van der Waals surface area contributed by atoms with Gasteiger partial charge in [-0.3, -0.25) is 4.79 Å². The first-order valence-electron chi connectivity index (χ1n) is 7.74. The SMILES string of the molecule is Cc1cc(C)c(NC(=O)N2C[C@H](C(N)=O)CC[C@@H]2C)c(C)c1. The maximum Gasteiger partial charge on any atom is 0.322 e. The molecule has 1 aromatic rings. The van der Waals surface area contributed by atoms with Crippen molar-refractivity contribution < 1.29 is 9.59 Å². The van der Waals surface area contributed by atoms with Gasteiger partial charge in [-0.15, -0.1) is 0 Å². The molecule has 120 valence electrons. The third-order valence-corrected chi connectivity index (χ3v) is 4.45. The monoisotopic (exact) mass is 303 g/mol. The molecule has 1 aliphatic heterocycles. The first-order valence-corrected chi connectivity index (χ1v) is 7.74. The molecule has 1 aliphatic rings. The number of anilines is 1. The molecule has 2 rings (SSSR count). The lowest BCUT2D eigenvalue weighted by molar-refractivity contribution is -0.123. The lowest BCUT2D eigenvalue weighted by Gasteiger charge is -2.37. The molecule has 2 atom stereocenters. The van der Waals surface area contributed by atoms with Gasteiger partial charge in [0.1, 0.15) is 0 Å². The summed E-state index contributed by atoms with van der Waals surface area (Å²) in [6, 6.07) is 4.05. The van der Waals surface area contributed by atoms with Crippen LogP contribution in [0.15, 0.2) is 12.1 Å². The summed E-state index contributed by atoms with van der Waals surface area (Å²) in [5, 5.41) is 3.00. The molecule has 0 aromatic heterocycles. The number of amides is 3. The summed E-state index contributed by atoms with van der Waals surface area (Å²) in [6.45, 7) is 8.41. The number of primary amides is 1. The highest BCUT2D eigenvalue weighted by molar-refractivity contribution is 5.92. The zero-order valence-corrected chi connectivity index (χ0v) is 13.8. The van der Waals surface area contributed by atoms with Gasteiger partial charge in [-0.25, -0.2) is 4.79 Å². The van der Waals surface area contributed by atoms with Crippen molar-refractivity contribution in [1.29, 1.82) is 0 Å². The maximum atomic E-state index is 12.6. The number of carbonyl (C=O) groups excluding carboxylic acids is 2. The van der Waals surface area contributed by atoms with Gasteiger partial charge >= 0.3 is 6.03 Å². The fourth-order valence-corrected chi connectivity index (χ4v) is 3.18. The molecule has 1 aromatic carbocycles. The van der Waals surface area contributed by atoms with Crippen molar-refractivity contribution in [3.8, 4) is 0 Å². The number of hydrogen-bond donors (Lipinski definition) is 2. The summed E-state index contributed by atoms with van der Waals surface area (Å²) in [6.07, 6.45) is 1.55. The topological polar surface area (TPSA) is 75.4 Å². The summed E-state index contributed by atoms with van der Waals surface area (Å²) in [5.74, 6) is -0.574. The third-order valence-electron chi connectivity index (χ3n) is 4.45. The molecule has 5 heteroatoms. The fraction of sp³-hybridized carbons (Fsp3) is 0.529. The molecular weight excluding hydrogens is 278 g/mol. The van der Waals surface area contributed by atoms with E-state index in [1.165, 1.54) is 5.56 Å². The summed E-state index contributed by atoms with van der Waals surface area (Å²) in [4.78, 5) is 25.7. The van der Waals surface area contributed by atoms with Crippen LogP contribution in [0.3, 0.4) is 0 Å². The van der Waals surface area contributed by atoms with Gasteiger partial charge in [0.2, 0.25) is 5.91 Å². The smallest absolute Gasteiger partial charge is 0.322 e. The van der Waals surface area contributed by atoms with Crippen LogP contribution in [0.5, 0.6) is 0 Å². The highest BCUT2D eigenvalue weighted by Crippen LogP contribution is 2.25. The Morgan fingerprint density at radius 2 is 1.77 bits per heavy atom. The summed E-state index contributed by atoms with van der Waals surface area (Å²) < 4.78 is 0. The van der Waals surface area contributed by atoms with E-state index in [4.69, 9.17) is 5.73 Å². The summed E-state index contributed by atoms with van der Waals surface area (Å²) in [7, 11) is 0. The second-order valence-electron chi connectivity index (χ2n) is 6.38. The molecule has 0 radical (unpaired) electrons. The second-order valence-corrected chi connectivity index (χ2v) is 6.38. The Labute approximate surface area is 131 Å². The number of urea groups is 1. The van der Waals surface area contributed by atoms with Crippen molar-refractivity contribution in [3.05, 3.63) is 28.8 Å². The van der Waals surface area contributed by atoms with E-state index in [0.717, 1.165) is 29.7 Å². The normalized spacial score (nSPS) is 21.5. The molecule has 3 N–H and O–H groups in total. The van der Waals surface area contributed by atoms with Crippen molar-refractivity contribution in [2.75, 3.05) is 11.9 Å². The molecule has 0 saturated carbocycles. The Bertz CT molecular complexity index is 575. The van der Waals surface area contributed by atoms with E-state index in [2.05, 4.69) is 17.4 Å². The number of hydrogen-bond acceptors (Lipinski definition) is 2. The average Bonchev–Trinajstić information content (AvgIpc) is 2.42. The van der Waals surface area contributed by atoms with Crippen LogP contribution in [-0.2, 0) is 4.79 Å². The molecule has 3 amide bonds. The van der Waals surface area contributed by atoms with Crippen LogP contribution in [0.25, 0.3) is 0 Å². The van der Waals surface area contributed by atoms with Gasteiger partial charge in [-0.2, -0.15) is 0 Å². The third kappa shape index (κ3) is 3.40. The molecule has 0 spiro atoms. The van der Waals surface area contributed by atoms with Gasteiger partial charge in [0.25, 0.3) is 0 Å². The number of carbonyl (C=O) groups is 2. The van der Waals surface area contributed by atoms with Crippen LogP contribution in [0, 0.1) is 26.7 Å². The predicted octanol–water partition coefficient (Wildman–Crippen LogP) is 2.73. The zero-order chi connectivity index (χ0) is 16.4. The molecule has 0 bridgehead atoms. The number of likely N-dealkylation sites (tertiary alicyclic amines) is 1. The Morgan fingerprint density at radius 1 is 1.18 bits per heavy atom. The van der Waals surface area contributed by atoms with Gasteiger partial charge in [-0.1, -0.05) is 17.7 Å². The van der Waals surface area contributed by atoms with E-state index in [0.29, 0.717) is 6.54 Å². The number of piperidine rings is 1. The maximum absolute atomic E-state index is 12.6. The standard InChI is InChI=1S/C17H25N3O2/c1-10-7-11(2)15(12(3)8-10)19-17(22)20-9-14(16(18)21)6-5-13(20)4/h7-8,13-14H,5-6,9H2,1-4H3,(H2,18,21)(H,19,22)/t13-,14+/m0/s1. The Morgan fingerprint density at radius 3 is 2.32 bits per heavy atom. The Kier molecular flexibility index (Phi) is 4.74. The van der Waals surface area contributed by atoms with Crippen LogP contribution in [0.2, 0.25) is 0 Å². The second kappa shape index (κ2) is 6.38. The molecule has 1 saturated heterocycles. The number of aryl methyl sites for hydroxylation is 3. The van der Waals surface area contributed by atoms with Gasteiger partial charge in [0.05, 0.1) is 5.92 Å². The van der Waals surface area contributed by atoms with Gasteiger partial charge in [0, 0.05) is 18.3 Å². The average molecular weight is 303 g/mol. The van der Waals surface area contributed by atoms with E-state index < -0.39 is 0 Å². The Hall–Kier alpha value is -2.04. The van der Waals surface area contributed by atoms with Crippen molar-refractivity contribution in [2.24, 2.45) is 11.7 Å². The van der Waals surface area contributed by atoms with Crippen LogP contribution in [0.4, 0.5) is 10.5 Å². The molecule has 0 aliphatic carbocycles. The molecule has 1 heterocycles. The first kappa shape index (κ1) is 16.3. The van der Waals surface area contributed by atoms with Gasteiger partial charge < -0.3 is 16.0 Å². The molecular formula is C17H25N3O2. The van der Waals surface area contributed by atoms with Crippen molar-refractivity contribution in [1.82, 2.24) is 4.90 Å². The molecule has 22 heavy (non-hydrogen) atoms. The van der Waals surface area contributed by atoms with Crippen molar-refractivity contribution >= 4 is 17.6 Å². The lowest BCUT2D eigenvalue weighted by atomic mass is 9.93. The van der Waals surface area contributed by atoms with Crippen LogP contribution >= 0.6 is 0 Å². The van der Waals surface area contributed by atoms with E-state index >= 15 is 0 Å². The van der Waals surface area contributed by atoms with E-state index in [9.17, 15) is 9.59 Å². The quantitative estimate of drug-likeness (QED) is 0.881. The van der Waals surface area contributed by atoms with Crippen LogP contribution in [-0.4, -0.2) is 29.4 Å². The Balaban J connectivity index is 2.16. The summed E-state index contributed by atoms with van der Waals surface area (Å²) in [5.41, 5.74) is 9.51. The number of nitrogens with one attached hydrogen (secondary N) is 1. The molecule has 1 fully saturated rings. The number of nitrogens with zero attached hydrogens (tertiary/aromatic N) is 1. The largest absolute Gasteiger partial charge is 0.369 e. The predicted molar refractivity (Wildman–Crippen MR) is 87.8 cm³/mol. The zero-order valence-electron chi connectivity index (χ0n) is 13.8. The minimum absolute atomic E-state index is 0.113. The molecule has 5 nitrogen and oxygen atoms in total. The highest BCUT2D eigenvalue weighted by Gasteiger charge is 2.31. The van der Waals surface area contributed by atoms with Crippen LogP contribution < -0.4 is 11.1 Å². The minimum atomic E-state index is -0.326. The van der Waals surface area contributed by atoms with Gasteiger partial charge in [-0.05, 0) is 51.7 Å². The first-order chi connectivity index (χ1) is 10.3. The molecule has 0 unspecified atom stereocenters. The van der Waals surface area contributed by atoms with E-state index in [-0.39, 0.29) is 23.9 Å². The fourth-order valence-electron chi connectivity index (χ4n) is 3.18. The van der Waals surface area contributed by atoms with Crippen LogP contribution in [0.1, 0.15) is 36.5 Å². The minimum Gasteiger partial charge on any atom is -0.369 e. The van der Waals surface area contributed by atoms with E-state index in [1.807, 2.05) is 27.7 Å². The number of nitrogens with two attached hydrogens (primary N) is 1. The van der Waals surface area contributed by atoms with Gasteiger partial charge in [0.15, 0.2) is 0 Å². The van der Waals surface area contributed by atoms with E-state index in [1.54, 1.807) is 4.90 Å². The summed E-state index contributed by atoms with van der Waals surface area (Å²) >= 11 is 0. The number of rotatable bonds is 2.